The Kier molecular flexibility index (Phi) is 8.16. The highest BCUT2D eigenvalue weighted by molar-refractivity contribution is 5.73. The summed E-state index contributed by atoms with van der Waals surface area (Å²) in [6, 6.07) is 24.0. The van der Waals surface area contributed by atoms with Crippen LogP contribution in [0.3, 0.4) is 0 Å². The predicted molar refractivity (Wildman–Crippen MR) is 122 cm³/mol. The first kappa shape index (κ1) is 22.8. The number of aryl methyl sites for hydroxylation is 1. The standard InChI is InChI=1S/C27H25NO4/c1-20-7-15-24(16-8-20)31-26(29)5-3-2-4-6-27(30)32-25-17-13-23(14-18-25)22-11-9-21(19-28)10-12-22/h7-18H,2-6H2,1H3. The molecular weight excluding hydrogens is 402 g/mol. The minimum absolute atomic E-state index is 0.265. The number of carbonyl (C=O) groups excluding carboxylic acids is 2. The van der Waals surface area contributed by atoms with Gasteiger partial charge in [-0.05, 0) is 67.3 Å². The predicted octanol–water partition coefficient (Wildman–Crippen LogP) is 6.00. The molecule has 3 aromatic carbocycles. The van der Waals surface area contributed by atoms with Gasteiger partial charge in [0, 0.05) is 12.8 Å². The molecular formula is C27H25NO4. The van der Waals surface area contributed by atoms with Crippen LogP contribution >= 0.6 is 0 Å². The number of nitrogens with zero attached hydrogens (tertiary/aromatic N) is 1. The minimum atomic E-state index is -0.293. The summed E-state index contributed by atoms with van der Waals surface area (Å²) in [4.78, 5) is 23.9. The normalized spacial score (nSPS) is 10.2. The topological polar surface area (TPSA) is 76.4 Å². The number of carbonyl (C=O) groups is 2. The number of rotatable bonds is 9. The second-order valence-electron chi connectivity index (χ2n) is 7.54. The lowest BCUT2D eigenvalue weighted by Gasteiger charge is -2.07. The Balaban J connectivity index is 1.34. The molecule has 32 heavy (non-hydrogen) atoms. The van der Waals surface area contributed by atoms with E-state index in [2.05, 4.69) is 6.07 Å². The SMILES string of the molecule is Cc1ccc(OC(=O)CCCCCC(=O)Oc2ccc(-c3ccc(C#N)cc3)cc2)cc1. The fourth-order valence-corrected chi connectivity index (χ4v) is 3.14. The lowest BCUT2D eigenvalue weighted by Crippen LogP contribution is -2.09. The molecule has 3 aromatic rings. The van der Waals surface area contributed by atoms with E-state index in [1.807, 2.05) is 43.3 Å². The first-order valence-corrected chi connectivity index (χ1v) is 10.6. The van der Waals surface area contributed by atoms with Crippen molar-refractivity contribution < 1.29 is 19.1 Å². The first-order chi connectivity index (χ1) is 15.5. The van der Waals surface area contributed by atoms with Crippen molar-refractivity contribution in [2.24, 2.45) is 0 Å². The third-order valence-corrected chi connectivity index (χ3v) is 4.95. The van der Waals surface area contributed by atoms with Gasteiger partial charge in [0.25, 0.3) is 0 Å². The van der Waals surface area contributed by atoms with E-state index in [1.54, 1.807) is 36.4 Å². The van der Waals surface area contributed by atoms with Crippen LogP contribution in [0.15, 0.2) is 72.8 Å². The minimum Gasteiger partial charge on any atom is -0.427 e. The first-order valence-electron chi connectivity index (χ1n) is 10.6. The van der Waals surface area contributed by atoms with Crippen LogP contribution in [0.1, 0.15) is 43.2 Å². The fourth-order valence-electron chi connectivity index (χ4n) is 3.14. The van der Waals surface area contributed by atoms with E-state index in [-0.39, 0.29) is 11.9 Å². The molecule has 0 amide bonds. The van der Waals surface area contributed by atoms with E-state index in [0.717, 1.165) is 23.1 Å². The van der Waals surface area contributed by atoms with Crippen LogP contribution < -0.4 is 9.47 Å². The van der Waals surface area contributed by atoms with Gasteiger partial charge in [-0.15, -0.1) is 0 Å². The molecule has 0 fully saturated rings. The van der Waals surface area contributed by atoms with Crippen molar-refractivity contribution in [1.82, 2.24) is 0 Å². The van der Waals surface area contributed by atoms with Gasteiger partial charge in [-0.1, -0.05) is 48.4 Å². The highest BCUT2D eigenvalue weighted by Crippen LogP contribution is 2.23. The van der Waals surface area contributed by atoms with E-state index >= 15 is 0 Å². The van der Waals surface area contributed by atoms with Crippen molar-refractivity contribution in [3.05, 3.63) is 83.9 Å². The molecule has 0 spiro atoms. The Morgan fingerprint density at radius 2 is 1.12 bits per heavy atom. The summed E-state index contributed by atoms with van der Waals surface area (Å²) in [5.74, 6) is 0.487. The van der Waals surface area contributed by atoms with Crippen LogP contribution in [0.2, 0.25) is 0 Å². The molecule has 3 rings (SSSR count). The quantitative estimate of drug-likeness (QED) is 0.238. The lowest BCUT2D eigenvalue weighted by atomic mass is 10.0. The van der Waals surface area contributed by atoms with Crippen LogP contribution in [0, 0.1) is 18.3 Å². The van der Waals surface area contributed by atoms with Crippen LogP contribution in [-0.2, 0) is 9.59 Å². The third kappa shape index (κ3) is 7.10. The zero-order valence-electron chi connectivity index (χ0n) is 18.0. The molecule has 162 valence electrons. The molecule has 0 radical (unpaired) electrons. The lowest BCUT2D eigenvalue weighted by molar-refractivity contribution is -0.134. The van der Waals surface area contributed by atoms with Gasteiger partial charge in [-0.3, -0.25) is 9.59 Å². The van der Waals surface area contributed by atoms with Gasteiger partial charge < -0.3 is 9.47 Å². The number of nitriles is 1. The van der Waals surface area contributed by atoms with Gasteiger partial charge in [0.15, 0.2) is 0 Å². The van der Waals surface area contributed by atoms with Crippen molar-refractivity contribution in [3.63, 3.8) is 0 Å². The summed E-state index contributed by atoms with van der Waals surface area (Å²) in [6.07, 6.45) is 2.68. The molecule has 0 saturated carbocycles. The second-order valence-corrected chi connectivity index (χ2v) is 7.54. The monoisotopic (exact) mass is 427 g/mol. The Hall–Kier alpha value is -3.91. The molecule has 5 nitrogen and oxygen atoms in total. The molecule has 0 heterocycles. The summed E-state index contributed by atoms with van der Waals surface area (Å²) in [6.45, 7) is 1.98. The van der Waals surface area contributed by atoms with Gasteiger partial charge in [0.2, 0.25) is 0 Å². The number of unbranched alkanes of at least 4 members (excludes halogenated alkanes) is 2. The van der Waals surface area contributed by atoms with Crippen LogP contribution in [0.25, 0.3) is 11.1 Å². The van der Waals surface area contributed by atoms with E-state index < -0.39 is 0 Å². The summed E-state index contributed by atoms with van der Waals surface area (Å²) in [7, 11) is 0. The summed E-state index contributed by atoms with van der Waals surface area (Å²) in [5.41, 5.74) is 3.69. The van der Waals surface area contributed by atoms with Crippen LogP contribution in [-0.4, -0.2) is 11.9 Å². The number of hydrogen-bond donors (Lipinski definition) is 0. The largest absolute Gasteiger partial charge is 0.427 e. The van der Waals surface area contributed by atoms with Crippen molar-refractivity contribution in [1.29, 1.82) is 5.26 Å². The second kappa shape index (κ2) is 11.5. The van der Waals surface area contributed by atoms with E-state index in [4.69, 9.17) is 14.7 Å². The smallest absolute Gasteiger partial charge is 0.311 e. The van der Waals surface area contributed by atoms with Gasteiger partial charge in [0.05, 0.1) is 11.6 Å². The molecule has 0 atom stereocenters. The van der Waals surface area contributed by atoms with Crippen molar-refractivity contribution >= 4 is 11.9 Å². The molecule has 0 aromatic heterocycles. The van der Waals surface area contributed by atoms with Gasteiger partial charge >= 0.3 is 11.9 Å². The Labute approximate surface area is 188 Å². The number of benzene rings is 3. The van der Waals surface area contributed by atoms with Gasteiger partial charge in [-0.25, -0.2) is 0 Å². The summed E-state index contributed by atoms with van der Waals surface area (Å²) < 4.78 is 10.7. The number of ether oxygens (including phenoxy) is 2. The Morgan fingerprint density at radius 1 is 0.688 bits per heavy atom. The summed E-state index contributed by atoms with van der Waals surface area (Å²) >= 11 is 0. The number of hydrogen-bond acceptors (Lipinski definition) is 5. The molecule has 0 bridgehead atoms. The maximum absolute atomic E-state index is 12.1. The highest BCUT2D eigenvalue weighted by atomic mass is 16.5. The Morgan fingerprint density at radius 3 is 1.59 bits per heavy atom. The Bertz CT molecular complexity index is 1080. The summed E-state index contributed by atoms with van der Waals surface area (Å²) in [5, 5.41) is 8.88. The van der Waals surface area contributed by atoms with Gasteiger partial charge in [-0.2, -0.15) is 5.26 Å². The molecule has 0 unspecified atom stereocenters. The van der Waals surface area contributed by atoms with Crippen LogP contribution in [0.4, 0.5) is 0 Å². The van der Waals surface area contributed by atoms with E-state index in [0.29, 0.717) is 42.7 Å². The molecule has 0 aliphatic carbocycles. The maximum atomic E-state index is 12.1. The maximum Gasteiger partial charge on any atom is 0.311 e. The van der Waals surface area contributed by atoms with Crippen molar-refractivity contribution in [2.45, 2.75) is 39.0 Å². The van der Waals surface area contributed by atoms with Gasteiger partial charge in [0.1, 0.15) is 11.5 Å². The third-order valence-electron chi connectivity index (χ3n) is 4.95. The van der Waals surface area contributed by atoms with Crippen molar-refractivity contribution in [3.8, 4) is 28.7 Å². The average Bonchev–Trinajstić information content (AvgIpc) is 2.81. The highest BCUT2D eigenvalue weighted by Gasteiger charge is 2.08. The molecule has 5 heteroatoms. The fraction of sp³-hybridized carbons (Fsp3) is 0.222. The van der Waals surface area contributed by atoms with E-state index in [1.165, 1.54) is 0 Å². The number of esters is 2. The average molecular weight is 428 g/mol. The zero-order valence-corrected chi connectivity index (χ0v) is 18.0. The molecule has 0 saturated heterocycles. The molecule has 0 aliphatic heterocycles. The van der Waals surface area contributed by atoms with Crippen molar-refractivity contribution in [2.75, 3.05) is 0 Å². The molecule has 0 aliphatic rings. The zero-order chi connectivity index (χ0) is 22.8. The van der Waals surface area contributed by atoms with Crippen LogP contribution in [0.5, 0.6) is 11.5 Å². The molecule has 0 N–H and O–H groups in total. The van der Waals surface area contributed by atoms with E-state index in [9.17, 15) is 9.59 Å².